The minimum Gasteiger partial charge on any atom is -0.481 e. The average Bonchev–Trinajstić information content (AvgIpc) is 2.78. The van der Waals surface area contributed by atoms with Crippen LogP contribution in [0.2, 0.25) is 0 Å². The van der Waals surface area contributed by atoms with Crippen molar-refractivity contribution in [2.24, 2.45) is 0 Å². The van der Waals surface area contributed by atoms with Crippen LogP contribution >= 0.6 is 0 Å². The van der Waals surface area contributed by atoms with Crippen molar-refractivity contribution in [3.05, 3.63) is 36.3 Å². The number of pyridine rings is 1. The van der Waals surface area contributed by atoms with Gasteiger partial charge in [-0.2, -0.15) is 0 Å². The Morgan fingerprint density at radius 1 is 1.39 bits per heavy atom. The van der Waals surface area contributed by atoms with Gasteiger partial charge in [-0.1, -0.05) is 6.07 Å². The lowest BCUT2D eigenvalue weighted by Gasteiger charge is -2.00. The zero-order valence-electron chi connectivity index (χ0n) is 9.67. The second-order valence-corrected chi connectivity index (χ2v) is 3.85. The van der Waals surface area contributed by atoms with Crippen molar-refractivity contribution >= 4 is 17.5 Å². The molecule has 0 aromatic carbocycles. The van der Waals surface area contributed by atoms with Crippen molar-refractivity contribution in [2.45, 2.75) is 12.8 Å². The van der Waals surface area contributed by atoms with E-state index in [1.807, 2.05) is 18.3 Å². The highest BCUT2D eigenvalue weighted by Crippen LogP contribution is 2.04. The van der Waals surface area contributed by atoms with E-state index >= 15 is 0 Å². The number of carboxylic acid groups (broad SMARTS) is 1. The Morgan fingerprint density at radius 2 is 2.22 bits per heavy atom. The number of carboxylic acids is 1. The average molecular weight is 247 g/mol. The highest BCUT2D eigenvalue weighted by Gasteiger charge is 2.09. The summed E-state index contributed by atoms with van der Waals surface area (Å²) < 4.78 is 1.76. The number of nitrogens with one attached hydrogen (secondary N) is 1. The summed E-state index contributed by atoms with van der Waals surface area (Å²) in [6.07, 6.45) is 3.91. The molecule has 0 atom stereocenters. The van der Waals surface area contributed by atoms with Gasteiger partial charge in [-0.25, -0.2) is 4.98 Å². The van der Waals surface area contributed by atoms with E-state index in [1.165, 1.54) is 0 Å². The van der Waals surface area contributed by atoms with Gasteiger partial charge in [-0.05, 0) is 18.6 Å². The maximum atomic E-state index is 11.7. The molecule has 2 N–H and O–H groups in total. The van der Waals surface area contributed by atoms with Crippen molar-refractivity contribution in [1.29, 1.82) is 0 Å². The highest BCUT2D eigenvalue weighted by atomic mass is 16.4. The first-order chi connectivity index (χ1) is 8.66. The van der Waals surface area contributed by atoms with Crippen LogP contribution in [0.25, 0.3) is 5.65 Å². The van der Waals surface area contributed by atoms with Crippen LogP contribution in [-0.4, -0.2) is 32.9 Å². The molecule has 0 bridgehead atoms. The Balaban J connectivity index is 1.94. The van der Waals surface area contributed by atoms with E-state index in [0.717, 1.165) is 0 Å². The van der Waals surface area contributed by atoms with Crippen molar-refractivity contribution < 1.29 is 14.7 Å². The minimum absolute atomic E-state index is 0.0471. The van der Waals surface area contributed by atoms with E-state index in [2.05, 4.69) is 10.3 Å². The molecule has 0 spiro atoms. The van der Waals surface area contributed by atoms with Crippen LogP contribution in [0.15, 0.2) is 30.6 Å². The summed E-state index contributed by atoms with van der Waals surface area (Å²) >= 11 is 0. The Kier molecular flexibility index (Phi) is 3.57. The van der Waals surface area contributed by atoms with Crippen LogP contribution in [0.1, 0.15) is 23.3 Å². The number of amides is 1. The molecule has 94 valence electrons. The van der Waals surface area contributed by atoms with Crippen LogP contribution in [0.5, 0.6) is 0 Å². The number of imidazole rings is 1. The quantitative estimate of drug-likeness (QED) is 0.770. The number of fused-ring (bicyclic) bond motifs is 1. The fraction of sp³-hybridized carbons (Fsp3) is 0.250. The summed E-state index contributed by atoms with van der Waals surface area (Å²) in [4.78, 5) is 26.2. The van der Waals surface area contributed by atoms with Crippen molar-refractivity contribution in [3.8, 4) is 0 Å². The third kappa shape index (κ3) is 2.85. The van der Waals surface area contributed by atoms with Gasteiger partial charge < -0.3 is 14.8 Å². The van der Waals surface area contributed by atoms with Gasteiger partial charge in [0.1, 0.15) is 11.3 Å². The van der Waals surface area contributed by atoms with Gasteiger partial charge in [0.25, 0.3) is 5.91 Å². The summed E-state index contributed by atoms with van der Waals surface area (Å²) in [5.41, 5.74) is 1.03. The number of carbonyl (C=O) groups is 2. The summed E-state index contributed by atoms with van der Waals surface area (Å²) in [6, 6.07) is 5.50. The van der Waals surface area contributed by atoms with Gasteiger partial charge >= 0.3 is 5.97 Å². The van der Waals surface area contributed by atoms with Gasteiger partial charge in [0.2, 0.25) is 0 Å². The van der Waals surface area contributed by atoms with E-state index < -0.39 is 5.97 Å². The van der Waals surface area contributed by atoms with Gasteiger partial charge in [-0.15, -0.1) is 0 Å². The molecule has 0 aliphatic rings. The predicted octanol–water partition coefficient (Wildman–Crippen LogP) is 0.929. The van der Waals surface area contributed by atoms with Gasteiger partial charge in [0.05, 0.1) is 0 Å². The molecule has 0 unspecified atom stereocenters. The number of hydrogen-bond acceptors (Lipinski definition) is 3. The first kappa shape index (κ1) is 12.1. The molecule has 2 rings (SSSR count). The molecule has 0 fully saturated rings. The fourth-order valence-corrected chi connectivity index (χ4v) is 1.58. The Morgan fingerprint density at radius 3 is 2.94 bits per heavy atom. The fourth-order valence-electron chi connectivity index (χ4n) is 1.58. The zero-order chi connectivity index (χ0) is 13.0. The van der Waals surface area contributed by atoms with Crippen LogP contribution < -0.4 is 5.32 Å². The first-order valence-corrected chi connectivity index (χ1v) is 5.60. The Labute approximate surface area is 103 Å². The summed E-state index contributed by atoms with van der Waals surface area (Å²) in [5, 5.41) is 11.1. The minimum atomic E-state index is -0.864. The monoisotopic (exact) mass is 247 g/mol. The van der Waals surface area contributed by atoms with Crippen LogP contribution in [0.4, 0.5) is 0 Å². The summed E-state index contributed by atoms with van der Waals surface area (Å²) in [7, 11) is 0. The molecule has 1 amide bonds. The lowest BCUT2D eigenvalue weighted by atomic mass is 10.3. The second-order valence-electron chi connectivity index (χ2n) is 3.85. The van der Waals surface area contributed by atoms with Crippen molar-refractivity contribution in [3.63, 3.8) is 0 Å². The molecule has 0 saturated carbocycles. The van der Waals surface area contributed by atoms with Gasteiger partial charge in [0.15, 0.2) is 0 Å². The van der Waals surface area contributed by atoms with Crippen LogP contribution in [0, 0.1) is 0 Å². The SMILES string of the molecule is O=C(O)CCCNC(=O)c1cn2ccccc2n1. The number of aliphatic carboxylic acids is 1. The summed E-state index contributed by atoms with van der Waals surface area (Å²) in [5.74, 6) is -1.15. The molecule has 6 heteroatoms. The Bertz CT molecular complexity index is 544. The third-order valence-corrected chi connectivity index (χ3v) is 2.45. The van der Waals surface area contributed by atoms with E-state index in [1.54, 1.807) is 16.7 Å². The number of nitrogens with zero attached hydrogens (tertiary/aromatic N) is 2. The van der Waals surface area contributed by atoms with Crippen molar-refractivity contribution in [1.82, 2.24) is 14.7 Å². The molecule has 0 aliphatic carbocycles. The maximum Gasteiger partial charge on any atom is 0.303 e. The molecule has 2 heterocycles. The molecule has 6 nitrogen and oxygen atoms in total. The number of carbonyl (C=O) groups excluding carboxylic acids is 1. The topological polar surface area (TPSA) is 83.7 Å². The third-order valence-electron chi connectivity index (χ3n) is 2.45. The maximum absolute atomic E-state index is 11.7. The lowest BCUT2D eigenvalue weighted by molar-refractivity contribution is -0.137. The lowest BCUT2D eigenvalue weighted by Crippen LogP contribution is -2.25. The molecule has 0 saturated heterocycles. The highest BCUT2D eigenvalue weighted by molar-refractivity contribution is 5.92. The number of aromatic nitrogens is 2. The molecule has 18 heavy (non-hydrogen) atoms. The molecule has 2 aromatic heterocycles. The number of rotatable bonds is 5. The van der Waals surface area contributed by atoms with Gasteiger partial charge in [-0.3, -0.25) is 9.59 Å². The normalized spacial score (nSPS) is 10.4. The smallest absolute Gasteiger partial charge is 0.303 e. The van der Waals surface area contributed by atoms with E-state index in [-0.39, 0.29) is 12.3 Å². The van der Waals surface area contributed by atoms with E-state index in [0.29, 0.717) is 24.3 Å². The summed E-state index contributed by atoms with van der Waals surface area (Å²) in [6.45, 7) is 0.332. The molecular formula is C12H13N3O3. The number of hydrogen-bond donors (Lipinski definition) is 2. The zero-order valence-corrected chi connectivity index (χ0v) is 9.67. The van der Waals surface area contributed by atoms with E-state index in [9.17, 15) is 9.59 Å². The molecule has 2 aromatic rings. The van der Waals surface area contributed by atoms with Crippen LogP contribution in [-0.2, 0) is 4.79 Å². The van der Waals surface area contributed by atoms with Crippen LogP contribution in [0.3, 0.4) is 0 Å². The largest absolute Gasteiger partial charge is 0.481 e. The van der Waals surface area contributed by atoms with Gasteiger partial charge in [0, 0.05) is 25.4 Å². The standard InChI is InChI=1S/C12H13N3O3/c16-11(17)5-3-6-13-12(18)9-8-15-7-2-1-4-10(15)14-9/h1-2,4,7-8H,3,5-6H2,(H,13,18)(H,16,17). The predicted molar refractivity (Wildman–Crippen MR) is 64.4 cm³/mol. The second kappa shape index (κ2) is 5.31. The Hall–Kier alpha value is -2.37. The van der Waals surface area contributed by atoms with E-state index in [4.69, 9.17) is 5.11 Å². The molecule has 0 radical (unpaired) electrons. The molecule has 0 aliphatic heterocycles. The molecular weight excluding hydrogens is 234 g/mol. The van der Waals surface area contributed by atoms with Crippen molar-refractivity contribution in [2.75, 3.05) is 6.54 Å². The first-order valence-electron chi connectivity index (χ1n) is 5.60.